The Balaban J connectivity index is 1.58. The first-order valence-corrected chi connectivity index (χ1v) is 9.68. The zero-order valence-electron chi connectivity index (χ0n) is 14.0. The van der Waals surface area contributed by atoms with Crippen LogP contribution in [0.3, 0.4) is 0 Å². The molecule has 5 nitrogen and oxygen atoms in total. The van der Waals surface area contributed by atoms with E-state index < -0.39 is 0 Å². The van der Waals surface area contributed by atoms with Crippen LogP contribution < -0.4 is 4.74 Å². The molecule has 0 radical (unpaired) electrons. The first-order valence-electron chi connectivity index (χ1n) is 8.39. The van der Waals surface area contributed by atoms with Gasteiger partial charge in [-0.25, -0.2) is 0 Å². The third-order valence-corrected chi connectivity index (χ3v) is 5.93. The summed E-state index contributed by atoms with van der Waals surface area (Å²) in [7, 11) is 0. The van der Waals surface area contributed by atoms with Crippen molar-refractivity contribution >= 4 is 17.7 Å². The van der Waals surface area contributed by atoms with Crippen molar-refractivity contribution in [3.63, 3.8) is 0 Å². The van der Waals surface area contributed by atoms with Crippen molar-refractivity contribution in [2.24, 2.45) is 0 Å². The Morgan fingerprint density at radius 2 is 2.08 bits per heavy atom. The molecule has 0 unspecified atom stereocenters. The highest BCUT2D eigenvalue weighted by Gasteiger charge is 2.38. The minimum Gasteiger partial charge on any atom is -0.482 e. The Hall–Kier alpha value is -1.71. The van der Waals surface area contributed by atoms with Crippen LogP contribution in [0.15, 0.2) is 24.3 Å². The van der Waals surface area contributed by atoms with Crippen molar-refractivity contribution in [1.82, 2.24) is 9.80 Å². The fourth-order valence-electron chi connectivity index (χ4n) is 3.53. The van der Waals surface area contributed by atoms with E-state index in [9.17, 15) is 4.79 Å². The van der Waals surface area contributed by atoms with Gasteiger partial charge in [-0.05, 0) is 44.3 Å². The molecule has 2 saturated heterocycles. The maximum absolute atomic E-state index is 12.5. The molecular formula is C18H23N3O2S. The number of carbonyl (C=O) groups excluding carboxylic acids is 1. The molecule has 6 heteroatoms. The third-order valence-electron chi connectivity index (χ3n) is 4.86. The third kappa shape index (κ3) is 3.68. The van der Waals surface area contributed by atoms with Gasteiger partial charge >= 0.3 is 0 Å². The summed E-state index contributed by atoms with van der Waals surface area (Å²) < 4.78 is 5.60. The highest BCUT2D eigenvalue weighted by molar-refractivity contribution is 7.99. The molecule has 2 aliphatic rings. The fourth-order valence-corrected chi connectivity index (χ4v) is 4.43. The number of para-hydroxylation sites is 1. The minimum absolute atomic E-state index is 0.00323. The van der Waals surface area contributed by atoms with E-state index in [1.165, 1.54) is 12.8 Å². The Kier molecular flexibility index (Phi) is 5.64. The number of nitrogens with zero attached hydrogens (tertiary/aromatic N) is 3. The van der Waals surface area contributed by atoms with Crippen molar-refractivity contribution in [3.8, 4) is 11.8 Å². The summed E-state index contributed by atoms with van der Waals surface area (Å²) in [5.41, 5.74) is 0.462. The molecule has 1 aromatic rings. The SMILES string of the molecule is CS[C@H]1CN(C(=O)COc2ccccc2C#N)C[C@@H]1N1CCCC1. The molecule has 1 amide bonds. The van der Waals surface area contributed by atoms with Crippen LogP contribution in [-0.4, -0.2) is 66.0 Å². The Labute approximate surface area is 147 Å². The molecule has 0 spiro atoms. The second-order valence-corrected chi connectivity index (χ2v) is 7.36. The van der Waals surface area contributed by atoms with Crippen LogP contribution in [0.4, 0.5) is 0 Å². The van der Waals surface area contributed by atoms with E-state index in [1.807, 2.05) is 22.7 Å². The van der Waals surface area contributed by atoms with Crippen LogP contribution in [0.1, 0.15) is 18.4 Å². The number of benzene rings is 1. The average molecular weight is 345 g/mol. The largest absolute Gasteiger partial charge is 0.482 e. The molecule has 3 rings (SSSR count). The van der Waals surface area contributed by atoms with E-state index in [1.54, 1.807) is 18.2 Å². The first-order chi connectivity index (χ1) is 11.7. The van der Waals surface area contributed by atoms with E-state index in [2.05, 4.69) is 17.2 Å². The van der Waals surface area contributed by atoms with E-state index >= 15 is 0 Å². The molecule has 2 atom stereocenters. The van der Waals surface area contributed by atoms with Crippen LogP contribution in [0, 0.1) is 11.3 Å². The molecule has 0 aliphatic carbocycles. The fraction of sp³-hybridized carbons (Fsp3) is 0.556. The summed E-state index contributed by atoms with van der Waals surface area (Å²) in [5, 5.41) is 9.55. The number of nitriles is 1. The monoisotopic (exact) mass is 345 g/mol. The van der Waals surface area contributed by atoms with Crippen LogP contribution in [0.2, 0.25) is 0 Å². The standard InChI is InChI=1S/C18H23N3O2S/c1-24-17-12-21(11-15(17)20-8-4-5-9-20)18(22)13-23-16-7-3-2-6-14(16)10-19/h2-3,6-7,15,17H,4-5,8-9,11-13H2,1H3/t15-,17-/m0/s1. The van der Waals surface area contributed by atoms with Crippen LogP contribution in [-0.2, 0) is 4.79 Å². The van der Waals surface area contributed by atoms with E-state index in [-0.39, 0.29) is 12.5 Å². The number of ether oxygens (including phenoxy) is 1. The number of thioether (sulfide) groups is 1. The Morgan fingerprint density at radius 3 is 2.79 bits per heavy atom. The van der Waals surface area contributed by atoms with E-state index in [0.717, 1.165) is 26.2 Å². The predicted molar refractivity (Wildman–Crippen MR) is 95.1 cm³/mol. The lowest BCUT2D eigenvalue weighted by atomic mass is 10.2. The molecule has 1 aromatic carbocycles. The molecule has 0 bridgehead atoms. The number of rotatable bonds is 5. The number of amides is 1. The average Bonchev–Trinajstić information content (AvgIpc) is 3.28. The molecule has 2 heterocycles. The number of likely N-dealkylation sites (tertiary alicyclic amines) is 2. The predicted octanol–water partition coefficient (Wildman–Crippen LogP) is 1.98. The van der Waals surface area contributed by atoms with E-state index in [0.29, 0.717) is 22.6 Å². The smallest absolute Gasteiger partial charge is 0.260 e. The van der Waals surface area contributed by atoms with Gasteiger partial charge in [-0.1, -0.05) is 12.1 Å². The second kappa shape index (κ2) is 7.91. The van der Waals surface area contributed by atoms with Gasteiger partial charge in [-0.15, -0.1) is 0 Å². The van der Waals surface area contributed by atoms with Crippen molar-refractivity contribution < 1.29 is 9.53 Å². The van der Waals surface area contributed by atoms with Gasteiger partial charge in [-0.3, -0.25) is 9.69 Å². The van der Waals surface area contributed by atoms with Crippen molar-refractivity contribution in [3.05, 3.63) is 29.8 Å². The molecule has 0 aromatic heterocycles. The van der Waals surface area contributed by atoms with Gasteiger partial charge < -0.3 is 9.64 Å². The number of hydrogen-bond acceptors (Lipinski definition) is 5. The van der Waals surface area contributed by atoms with Gasteiger partial charge in [-0.2, -0.15) is 17.0 Å². The Bertz CT molecular complexity index is 625. The van der Waals surface area contributed by atoms with Gasteiger partial charge in [0.2, 0.25) is 0 Å². The van der Waals surface area contributed by atoms with Gasteiger partial charge in [0.15, 0.2) is 6.61 Å². The van der Waals surface area contributed by atoms with Gasteiger partial charge in [0.05, 0.1) is 5.56 Å². The zero-order chi connectivity index (χ0) is 16.9. The second-order valence-electron chi connectivity index (χ2n) is 6.28. The van der Waals surface area contributed by atoms with Gasteiger partial charge in [0.25, 0.3) is 5.91 Å². The summed E-state index contributed by atoms with van der Waals surface area (Å²) in [5.74, 6) is 0.480. The normalized spacial score (nSPS) is 24.1. The molecule has 0 N–H and O–H groups in total. The molecular weight excluding hydrogens is 322 g/mol. The summed E-state index contributed by atoms with van der Waals surface area (Å²) >= 11 is 1.85. The zero-order valence-corrected chi connectivity index (χ0v) is 14.8. The van der Waals surface area contributed by atoms with Crippen LogP contribution >= 0.6 is 11.8 Å². The summed E-state index contributed by atoms with van der Waals surface area (Å²) in [6.45, 7) is 3.86. The van der Waals surface area contributed by atoms with Crippen LogP contribution in [0.5, 0.6) is 5.75 Å². The summed E-state index contributed by atoms with van der Waals surface area (Å²) in [6.07, 6.45) is 4.65. The van der Waals surface area contributed by atoms with Crippen molar-refractivity contribution in [2.45, 2.75) is 24.1 Å². The lowest BCUT2D eigenvalue weighted by Crippen LogP contribution is -2.41. The quantitative estimate of drug-likeness (QED) is 0.817. The highest BCUT2D eigenvalue weighted by Crippen LogP contribution is 2.28. The summed E-state index contributed by atoms with van der Waals surface area (Å²) in [4.78, 5) is 17.0. The lowest BCUT2D eigenvalue weighted by molar-refractivity contribution is -0.132. The topological polar surface area (TPSA) is 56.6 Å². The maximum atomic E-state index is 12.5. The van der Waals surface area contributed by atoms with Crippen LogP contribution in [0.25, 0.3) is 0 Å². The molecule has 0 saturated carbocycles. The maximum Gasteiger partial charge on any atom is 0.260 e. The van der Waals surface area contributed by atoms with E-state index in [4.69, 9.17) is 10.00 Å². The minimum atomic E-state index is -0.00743. The van der Waals surface area contributed by atoms with Gasteiger partial charge in [0, 0.05) is 24.4 Å². The van der Waals surface area contributed by atoms with Gasteiger partial charge in [0.1, 0.15) is 11.8 Å². The number of carbonyl (C=O) groups is 1. The highest BCUT2D eigenvalue weighted by atomic mass is 32.2. The lowest BCUT2D eigenvalue weighted by Gasteiger charge is -2.27. The molecule has 2 aliphatic heterocycles. The molecule has 2 fully saturated rings. The first kappa shape index (κ1) is 17.1. The van der Waals surface area contributed by atoms with Crippen molar-refractivity contribution in [2.75, 3.05) is 39.0 Å². The van der Waals surface area contributed by atoms with Crippen molar-refractivity contribution in [1.29, 1.82) is 5.26 Å². The molecule has 128 valence electrons. The molecule has 24 heavy (non-hydrogen) atoms. The summed E-state index contributed by atoms with van der Waals surface area (Å²) in [6, 6.07) is 9.57. The number of hydrogen-bond donors (Lipinski definition) is 0. The Morgan fingerprint density at radius 1 is 1.33 bits per heavy atom.